The van der Waals surface area contributed by atoms with Crippen LogP contribution in [0.1, 0.15) is 12.8 Å². The summed E-state index contributed by atoms with van der Waals surface area (Å²) in [6, 6.07) is 5.13. The Hall–Kier alpha value is -1.12. The van der Waals surface area contributed by atoms with Crippen molar-refractivity contribution < 1.29 is 12.8 Å². The molecule has 1 rings (SSSR count). The topological polar surface area (TPSA) is 57.9 Å². The fourth-order valence-electron chi connectivity index (χ4n) is 1.13. The van der Waals surface area contributed by atoms with Crippen LogP contribution in [0.2, 0.25) is 5.02 Å². The lowest BCUT2D eigenvalue weighted by atomic mass is 10.3. The molecule has 6 heteroatoms. The molecule has 0 heterocycles. The van der Waals surface area contributed by atoms with Gasteiger partial charge in [-0.05, 0) is 24.6 Å². The molecule has 0 aliphatic heterocycles. The molecule has 0 aromatic heterocycles. The number of benzene rings is 1. The lowest BCUT2D eigenvalue weighted by molar-refractivity contribution is 0.592. The Morgan fingerprint density at radius 2 is 2.12 bits per heavy atom. The average Bonchev–Trinajstić information content (AvgIpc) is 2.22. The molecule has 0 fully saturated rings. The summed E-state index contributed by atoms with van der Waals surface area (Å²) in [7, 11) is -3.47. The van der Waals surface area contributed by atoms with Crippen LogP contribution in [0.3, 0.4) is 0 Å². The first-order valence-corrected chi connectivity index (χ1v) is 6.55. The van der Waals surface area contributed by atoms with Gasteiger partial charge < -0.3 is 0 Å². The van der Waals surface area contributed by atoms with Crippen molar-refractivity contribution in [3.05, 3.63) is 29.0 Å². The molecular weight excluding hydrogens is 253 g/mol. The summed E-state index contributed by atoms with van der Waals surface area (Å²) in [6.07, 6.45) is 0.433. The summed E-state index contributed by atoms with van der Waals surface area (Å²) in [6.45, 7) is 0. The number of nitrogens with zero attached hydrogens (tertiary/aromatic N) is 1. The van der Waals surface area contributed by atoms with E-state index in [0.717, 1.165) is 12.1 Å². The van der Waals surface area contributed by atoms with Crippen molar-refractivity contribution in [2.24, 2.45) is 0 Å². The number of halogens is 2. The van der Waals surface area contributed by atoms with E-state index in [-0.39, 0.29) is 28.5 Å². The summed E-state index contributed by atoms with van der Waals surface area (Å²) in [5.74, 6) is -0.791. The van der Waals surface area contributed by atoms with Crippen molar-refractivity contribution in [3.63, 3.8) is 0 Å². The molecule has 0 N–H and O–H groups in total. The Bertz CT molecular complexity index is 522. The van der Waals surface area contributed by atoms with Crippen LogP contribution in [0, 0.1) is 17.1 Å². The Balaban J connectivity index is 2.91. The van der Waals surface area contributed by atoms with Crippen LogP contribution in [-0.4, -0.2) is 14.2 Å². The highest BCUT2D eigenvalue weighted by Crippen LogP contribution is 2.20. The average molecular weight is 262 g/mol. The second-order valence-corrected chi connectivity index (χ2v) is 5.67. The van der Waals surface area contributed by atoms with Gasteiger partial charge in [0.15, 0.2) is 9.84 Å². The molecule has 0 saturated heterocycles. The SMILES string of the molecule is N#CCCCS(=O)(=O)c1ccc(F)c(Cl)c1. The molecule has 16 heavy (non-hydrogen) atoms. The van der Waals surface area contributed by atoms with E-state index in [4.69, 9.17) is 16.9 Å². The molecule has 0 spiro atoms. The summed E-state index contributed by atoms with van der Waals surface area (Å²) in [4.78, 5) is -0.0168. The quantitative estimate of drug-likeness (QED) is 0.618. The van der Waals surface area contributed by atoms with Crippen molar-refractivity contribution in [2.75, 3.05) is 5.75 Å². The van der Waals surface area contributed by atoms with E-state index in [1.165, 1.54) is 6.07 Å². The fourth-order valence-corrected chi connectivity index (χ4v) is 2.71. The van der Waals surface area contributed by atoms with Gasteiger partial charge in [-0.3, -0.25) is 0 Å². The van der Waals surface area contributed by atoms with E-state index >= 15 is 0 Å². The number of sulfone groups is 1. The van der Waals surface area contributed by atoms with Gasteiger partial charge in [-0.15, -0.1) is 0 Å². The number of hydrogen-bond acceptors (Lipinski definition) is 3. The molecule has 0 radical (unpaired) electrons. The first kappa shape index (κ1) is 12.9. The Morgan fingerprint density at radius 3 is 2.69 bits per heavy atom. The number of rotatable bonds is 4. The summed E-state index contributed by atoms with van der Waals surface area (Å²) < 4.78 is 36.2. The number of nitriles is 1. The highest BCUT2D eigenvalue weighted by Gasteiger charge is 2.15. The van der Waals surface area contributed by atoms with Crippen LogP contribution >= 0.6 is 11.6 Å². The Morgan fingerprint density at radius 1 is 1.44 bits per heavy atom. The molecule has 86 valence electrons. The van der Waals surface area contributed by atoms with Gasteiger partial charge in [0.1, 0.15) is 5.82 Å². The lowest BCUT2D eigenvalue weighted by Gasteiger charge is -2.03. The maximum absolute atomic E-state index is 12.8. The molecule has 0 unspecified atom stereocenters. The molecule has 0 aliphatic rings. The van der Waals surface area contributed by atoms with E-state index < -0.39 is 15.7 Å². The van der Waals surface area contributed by atoms with Gasteiger partial charge in [-0.2, -0.15) is 5.26 Å². The van der Waals surface area contributed by atoms with E-state index in [1.807, 2.05) is 6.07 Å². The predicted molar refractivity (Wildman–Crippen MR) is 58.3 cm³/mol. The minimum absolute atomic E-state index is 0.0168. The third kappa shape index (κ3) is 3.19. The van der Waals surface area contributed by atoms with Crippen molar-refractivity contribution in [2.45, 2.75) is 17.7 Å². The molecule has 1 aromatic rings. The van der Waals surface area contributed by atoms with Crippen LogP contribution in [-0.2, 0) is 9.84 Å². The third-order valence-corrected chi connectivity index (χ3v) is 4.04. The molecule has 0 amide bonds. The zero-order chi connectivity index (χ0) is 12.2. The van der Waals surface area contributed by atoms with Crippen molar-refractivity contribution in [3.8, 4) is 6.07 Å². The van der Waals surface area contributed by atoms with Crippen LogP contribution in [0.25, 0.3) is 0 Å². The Labute approximate surface area is 98.4 Å². The van der Waals surface area contributed by atoms with Crippen LogP contribution in [0.5, 0.6) is 0 Å². The number of hydrogen-bond donors (Lipinski definition) is 0. The maximum atomic E-state index is 12.8. The highest BCUT2D eigenvalue weighted by atomic mass is 35.5. The minimum atomic E-state index is -3.47. The summed E-state index contributed by atoms with van der Waals surface area (Å²) in [5.41, 5.74) is 0. The highest BCUT2D eigenvalue weighted by molar-refractivity contribution is 7.91. The van der Waals surface area contributed by atoms with E-state index in [9.17, 15) is 12.8 Å². The minimum Gasteiger partial charge on any atom is -0.224 e. The van der Waals surface area contributed by atoms with Crippen LogP contribution < -0.4 is 0 Å². The molecule has 3 nitrogen and oxygen atoms in total. The van der Waals surface area contributed by atoms with Crippen molar-refractivity contribution in [1.29, 1.82) is 5.26 Å². The molecule has 0 bridgehead atoms. The van der Waals surface area contributed by atoms with Crippen LogP contribution in [0.4, 0.5) is 4.39 Å². The normalized spacial score (nSPS) is 11.1. The molecule has 0 atom stereocenters. The van der Waals surface area contributed by atoms with Crippen molar-refractivity contribution in [1.82, 2.24) is 0 Å². The molecule has 1 aromatic carbocycles. The van der Waals surface area contributed by atoms with E-state index in [1.54, 1.807) is 0 Å². The fraction of sp³-hybridized carbons (Fsp3) is 0.300. The van der Waals surface area contributed by atoms with E-state index in [0.29, 0.717) is 0 Å². The van der Waals surface area contributed by atoms with Gasteiger partial charge in [0.2, 0.25) is 0 Å². The van der Waals surface area contributed by atoms with Gasteiger partial charge >= 0.3 is 0 Å². The smallest absolute Gasteiger partial charge is 0.178 e. The summed E-state index contributed by atoms with van der Waals surface area (Å²) in [5, 5.41) is 8.08. The second kappa shape index (κ2) is 5.28. The largest absolute Gasteiger partial charge is 0.224 e. The first-order chi connectivity index (χ1) is 7.47. The van der Waals surface area contributed by atoms with Gasteiger partial charge in [0.05, 0.1) is 21.7 Å². The van der Waals surface area contributed by atoms with Gasteiger partial charge in [-0.25, -0.2) is 12.8 Å². The molecular formula is C10H9ClFNO2S. The monoisotopic (exact) mass is 261 g/mol. The second-order valence-electron chi connectivity index (χ2n) is 3.16. The maximum Gasteiger partial charge on any atom is 0.178 e. The van der Waals surface area contributed by atoms with Crippen LogP contribution in [0.15, 0.2) is 23.1 Å². The van der Waals surface area contributed by atoms with Gasteiger partial charge in [-0.1, -0.05) is 11.6 Å². The zero-order valence-electron chi connectivity index (χ0n) is 8.28. The van der Waals surface area contributed by atoms with Gasteiger partial charge in [0, 0.05) is 6.42 Å². The zero-order valence-corrected chi connectivity index (χ0v) is 9.85. The van der Waals surface area contributed by atoms with E-state index in [2.05, 4.69) is 0 Å². The third-order valence-electron chi connectivity index (χ3n) is 1.95. The van der Waals surface area contributed by atoms with Crippen molar-refractivity contribution >= 4 is 21.4 Å². The van der Waals surface area contributed by atoms with Gasteiger partial charge in [0.25, 0.3) is 0 Å². The molecule has 0 saturated carbocycles. The summed E-state index contributed by atoms with van der Waals surface area (Å²) >= 11 is 5.49. The first-order valence-electron chi connectivity index (χ1n) is 4.52. The molecule has 0 aliphatic carbocycles. The number of unbranched alkanes of at least 4 members (excludes halogenated alkanes) is 1. The Kier molecular flexibility index (Phi) is 4.27. The predicted octanol–water partition coefficient (Wildman–Crippen LogP) is 2.56. The lowest BCUT2D eigenvalue weighted by Crippen LogP contribution is -2.06. The standard InChI is InChI=1S/C10H9ClFNO2S/c11-9-7-8(3-4-10(9)12)16(14,15)6-2-1-5-13/h3-4,7H,1-2,6H2.